The molecule has 16 nitrogen and oxygen atoms in total. The van der Waals surface area contributed by atoms with Crippen LogP contribution >= 0.6 is 0 Å². The summed E-state index contributed by atoms with van der Waals surface area (Å²) in [5.74, 6) is -1.67. The Hall–Kier alpha value is -3.55. The first kappa shape index (κ1) is 35.3. The standard InChI is InChI=1S/C30H38O16/c1-13-23(36)25(38)26(39)30(44-13)46-28-24(37)21(12-42-22(35)8-4-14-3-6-17(32)20(9-14)41-2)45-29(27(28)40)43-11-19(34)15-5-7-16(31)18(33)10-15/h3-10,13,19,21,23-34,36-40H,11-12H2,1-2H3/t13-,19-,21+,23-,24+,25+,26+,27+,28-,29+,30-/m0/s1. The number of benzene rings is 2. The molecule has 4 rings (SSSR count). The summed E-state index contributed by atoms with van der Waals surface area (Å²) in [5, 5.41) is 92.3. The molecule has 0 spiro atoms. The van der Waals surface area contributed by atoms with Crippen LogP contribution in [-0.2, 0) is 28.5 Å². The Labute approximate surface area is 262 Å². The fourth-order valence-electron chi connectivity index (χ4n) is 4.82. The number of phenolic OH excluding ortho intramolecular Hbond substituents is 3. The molecule has 0 bridgehead atoms. The molecule has 2 aliphatic heterocycles. The largest absolute Gasteiger partial charge is 0.504 e. The number of esters is 1. The minimum atomic E-state index is -1.79. The maximum absolute atomic E-state index is 12.5. The van der Waals surface area contributed by atoms with Gasteiger partial charge in [0.1, 0.15) is 55.4 Å². The molecule has 0 radical (unpaired) electrons. The van der Waals surface area contributed by atoms with Crippen molar-refractivity contribution in [2.75, 3.05) is 20.3 Å². The number of aliphatic hydroxyl groups is 6. The maximum atomic E-state index is 12.5. The van der Waals surface area contributed by atoms with Crippen LogP contribution in [0.25, 0.3) is 6.08 Å². The fraction of sp³-hybridized carbons (Fsp3) is 0.500. The molecule has 0 aliphatic carbocycles. The lowest BCUT2D eigenvalue weighted by Gasteiger charge is -2.45. The first-order valence-electron chi connectivity index (χ1n) is 14.2. The summed E-state index contributed by atoms with van der Waals surface area (Å²) < 4.78 is 32.6. The van der Waals surface area contributed by atoms with E-state index >= 15 is 0 Å². The Kier molecular flexibility index (Phi) is 11.8. The van der Waals surface area contributed by atoms with Crippen molar-refractivity contribution in [2.24, 2.45) is 0 Å². The number of carbonyl (C=O) groups is 1. The van der Waals surface area contributed by atoms with Crippen LogP contribution < -0.4 is 4.74 Å². The SMILES string of the molecule is COc1cc(C=CC(=O)OC[C@H]2O[C@@H](OC[C@H](O)c3ccc(O)c(O)c3)[C@H](O)[C@@H](O[C@@H]3O[C@@H](C)[C@H](O)[C@@H](O)[C@H]3O)[C@@H]2O)ccc1O. The van der Waals surface area contributed by atoms with Gasteiger partial charge in [-0.05, 0) is 48.4 Å². The van der Waals surface area contributed by atoms with E-state index in [9.17, 15) is 50.8 Å². The van der Waals surface area contributed by atoms with Gasteiger partial charge in [-0.3, -0.25) is 0 Å². The predicted octanol–water partition coefficient (Wildman–Crippen LogP) is -1.22. The summed E-state index contributed by atoms with van der Waals surface area (Å²) >= 11 is 0. The second kappa shape index (κ2) is 15.4. The molecule has 2 aromatic rings. The van der Waals surface area contributed by atoms with E-state index in [0.29, 0.717) is 5.56 Å². The molecular weight excluding hydrogens is 616 g/mol. The molecule has 0 saturated carbocycles. The number of hydrogen-bond acceptors (Lipinski definition) is 16. The molecule has 2 fully saturated rings. The van der Waals surface area contributed by atoms with Crippen LogP contribution in [0.5, 0.6) is 23.0 Å². The molecule has 254 valence electrons. The zero-order valence-electron chi connectivity index (χ0n) is 24.8. The van der Waals surface area contributed by atoms with Gasteiger partial charge < -0.3 is 74.4 Å². The van der Waals surface area contributed by atoms with Gasteiger partial charge in [-0.15, -0.1) is 0 Å². The molecule has 2 saturated heterocycles. The average Bonchev–Trinajstić information content (AvgIpc) is 3.04. The number of aromatic hydroxyl groups is 3. The summed E-state index contributed by atoms with van der Waals surface area (Å²) in [6.07, 6.45) is -14.6. The summed E-state index contributed by atoms with van der Waals surface area (Å²) in [6, 6.07) is 7.95. The molecular formula is C30H38O16. The van der Waals surface area contributed by atoms with Gasteiger partial charge in [-0.25, -0.2) is 4.79 Å². The van der Waals surface area contributed by atoms with Crippen molar-refractivity contribution >= 4 is 12.0 Å². The molecule has 2 aromatic carbocycles. The van der Waals surface area contributed by atoms with Gasteiger partial charge in [-0.2, -0.15) is 0 Å². The smallest absolute Gasteiger partial charge is 0.330 e. The van der Waals surface area contributed by atoms with Gasteiger partial charge in [0, 0.05) is 6.08 Å². The predicted molar refractivity (Wildman–Crippen MR) is 153 cm³/mol. The van der Waals surface area contributed by atoms with E-state index in [1.165, 1.54) is 44.4 Å². The zero-order chi connectivity index (χ0) is 33.7. The maximum Gasteiger partial charge on any atom is 0.330 e. The van der Waals surface area contributed by atoms with Crippen LogP contribution in [0.4, 0.5) is 0 Å². The van der Waals surface area contributed by atoms with Crippen molar-refractivity contribution in [3.63, 3.8) is 0 Å². The molecule has 0 aromatic heterocycles. The first-order valence-corrected chi connectivity index (χ1v) is 14.2. The number of aliphatic hydroxyl groups excluding tert-OH is 6. The molecule has 2 aliphatic rings. The van der Waals surface area contributed by atoms with Crippen molar-refractivity contribution in [1.82, 2.24) is 0 Å². The molecule has 2 heterocycles. The van der Waals surface area contributed by atoms with Gasteiger partial charge in [-0.1, -0.05) is 12.1 Å². The van der Waals surface area contributed by atoms with E-state index in [-0.39, 0.29) is 17.1 Å². The van der Waals surface area contributed by atoms with E-state index in [4.69, 9.17) is 28.4 Å². The lowest BCUT2D eigenvalue weighted by molar-refractivity contribution is -0.358. The van der Waals surface area contributed by atoms with Crippen LogP contribution in [0.2, 0.25) is 0 Å². The van der Waals surface area contributed by atoms with Crippen LogP contribution in [0, 0.1) is 0 Å². The topological polar surface area (TPSA) is 255 Å². The number of phenols is 3. The number of ether oxygens (including phenoxy) is 6. The second-order valence-corrected chi connectivity index (χ2v) is 10.8. The van der Waals surface area contributed by atoms with Crippen LogP contribution in [0.15, 0.2) is 42.5 Å². The minimum absolute atomic E-state index is 0.0959. The Morgan fingerprint density at radius 2 is 1.59 bits per heavy atom. The summed E-state index contributed by atoms with van der Waals surface area (Å²) in [5.41, 5.74) is 0.649. The van der Waals surface area contributed by atoms with Crippen molar-refractivity contribution in [3.8, 4) is 23.0 Å². The summed E-state index contributed by atoms with van der Waals surface area (Å²) in [4.78, 5) is 12.5. The first-order chi connectivity index (χ1) is 21.8. The summed E-state index contributed by atoms with van der Waals surface area (Å²) in [7, 11) is 1.36. The van der Waals surface area contributed by atoms with E-state index in [1.54, 1.807) is 0 Å². The Bertz CT molecular complexity index is 1350. The van der Waals surface area contributed by atoms with E-state index in [1.807, 2.05) is 0 Å². The fourth-order valence-corrected chi connectivity index (χ4v) is 4.82. The number of hydrogen-bond donors (Lipinski definition) is 9. The van der Waals surface area contributed by atoms with Gasteiger partial charge in [0.25, 0.3) is 0 Å². The zero-order valence-corrected chi connectivity index (χ0v) is 24.8. The highest BCUT2D eigenvalue weighted by Crippen LogP contribution is 2.32. The molecule has 46 heavy (non-hydrogen) atoms. The normalized spacial score (nSPS) is 32.3. The highest BCUT2D eigenvalue weighted by Gasteiger charge is 2.50. The van der Waals surface area contributed by atoms with E-state index in [2.05, 4.69) is 0 Å². The second-order valence-electron chi connectivity index (χ2n) is 10.8. The monoisotopic (exact) mass is 654 g/mol. The lowest BCUT2D eigenvalue weighted by Crippen LogP contribution is -2.64. The van der Waals surface area contributed by atoms with Crippen molar-refractivity contribution in [2.45, 2.75) is 74.4 Å². The number of carbonyl (C=O) groups excluding carboxylic acids is 1. The highest BCUT2D eigenvalue weighted by molar-refractivity contribution is 5.87. The van der Waals surface area contributed by atoms with E-state index < -0.39 is 98.2 Å². The lowest BCUT2D eigenvalue weighted by atomic mass is 9.97. The third-order valence-corrected chi connectivity index (χ3v) is 7.55. The van der Waals surface area contributed by atoms with Gasteiger partial charge >= 0.3 is 5.97 Å². The molecule has 0 amide bonds. The van der Waals surface area contributed by atoms with Crippen molar-refractivity contribution in [3.05, 3.63) is 53.6 Å². The third kappa shape index (κ3) is 8.23. The number of rotatable bonds is 11. The highest BCUT2D eigenvalue weighted by atomic mass is 16.7. The van der Waals surface area contributed by atoms with E-state index in [0.717, 1.165) is 18.2 Å². The Balaban J connectivity index is 1.47. The molecule has 16 heteroatoms. The molecule has 0 unspecified atom stereocenters. The number of methoxy groups -OCH3 is 1. The van der Waals surface area contributed by atoms with Gasteiger partial charge in [0.05, 0.1) is 19.8 Å². The van der Waals surface area contributed by atoms with Gasteiger partial charge in [0.15, 0.2) is 35.6 Å². The minimum Gasteiger partial charge on any atom is -0.504 e. The van der Waals surface area contributed by atoms with Gasteiger partial charge in [0.2, 0.25) is 0 Å². The summed E-state index contributed by atoms with van der Waals surface area (Å²) in [6.45, 7) is 0.298. The molecule has 9 N–H and O–H groups in total. The van der Waals surface area contributed by atoms with Crippen LogP contribution in [0.3, 0.4) is 0 Å². The Morgan fingerprint density at radius 1 is 0.870 bits per heavy atom. The molecule has 11 atom stereocenters. The van der Waals surface area contributed by atoms with Crippen molar-refractivity contribution < 1.29 is 79.2 Å². The van der Waals surface area contributed by atoms with Crippen molar-refractivity contribution in [1.29, 1.82) is 0 Å². The third-order valence-electron chi connectivity index (χ3n) is 7.55. The Morgan fingerprint density at radius 3 is 2.28 bits per heavy atom. The average molecular weight is 655 g/mol. The quantitative estimate of drug-likeness (QED) is 0.0782. The van der Waals surface area contributed by atoms with Crippen LogP contribution in [0.1, 0.15) is 24.2 Å². The van der Waals surface area contributed by atoms with Crippen LogP contribution in [-0.4, -0.2) is 134 Å².